The quantitative estimate of drug-likeness (QED) is 0.858. The number of nitrogens with zero attached hydrogens (tertiary/aromatic N) is 1. The van der Waals surface area contributed by atoms with Gasteiger partial charge in [0.1, 0.15) is 11.2 Å². The van der Waals surface area contributed by atoms with Crippen LogP contribution in [0.5, 0.6) is 0 Å². The minimum Gasteiger partial charge on any atom is -0.342 e. The Morgan fingerprint density at radius 1 is 1.30 bits per heavy atom. The van der Waals surface area contributed by atoms with Gasteiger partial charge in [0.2, 0.25) is 11.8 Å². The number of benzene rings is 1. The van der Waals surface area contributed by atoms with E-state index in [0.717, 1.165) is 25.9 Å². The lowest BCUT2D eigenvalue weighted by Crippen LogP contribution is -2.46. The van der Waals surface area contributed by atoms with E-state index in [0.29, 0.717) is 24.4 Å². The molecule has 0 aromatic heterocycles. The number of piperidine rings is 1. The summed E-state index contributed by atoms with van der Waals surface area (Å²) in [6.07, 6.45) is 3.10. The van der Waals surface area contributed by atoms with E-state index in [9.17, 15) is 14.0 Å². The second kappa shape index (κ2) is 6.11. The average molecular weight is 339 g/mol. The Morgan fingerprint density at radius 3 is 2.52 bits per heavy atom. The highest BCUT2D eigenvalue weighted by Gasteiger charge is 2.58. The van der Waals surface area contributed by atoms with Gasteiger partial charge in [0.05, 0.1) is 5.02 Å². The number of likely N-dealkylation sites (tertiary alicyclic amines) is 1. The molecule has 4 nitrogen and oxygen atoms in total. The van der Waals surface area contributed by atoms with Crippen LogP contribution in [0.25, 0.3) is 0 Å². The number of hydrogen-bond donors (Lipinski definition) is 1. The third kappa shape index (κ3) is 3.20. The van der Waals surface area contributed by atoms with Crippen molar-refractivity contribution in [2.45, 2.75) is 32.6 Å². The van der Waals surface area contributed by atoms with Gasteiger partial charge in [-0.25, -0.2) is 4.39 Å². The van der Waals surface area contributed by atoms with Gasteiger partial charge in [-0.2, -0.15) is 0 Å². The summed E-state index contributed by atoms with van der Waals surface area (Å²) < 4.78 is 13.2. The highest BCUT2D eigenvalue weighted by Crippen LogP contribution is 2.48. The zero-order valence-corrected chi connectivity index (χ0v) is 13.8. The molecule has 2 fully saturated rings. The molecule has 2 aliphatic rings. The summed E-state index contributed by atoms with van der Waals surface area (Å²) in [6, 6.07) is 4.01. The highest BCUT2D eigenvalue weighted by atomic mass is 35.5. The number of anilines is 1. The summed E-state index contributed by atoms with van der Waals surface area (Å²) in [5.41, 5.74) is -0.533. The smallest absolute Gasteiger partial charge is 0.240 e. The molecule has 1 aliphatic carbocycles. The van der Waals surface area contributed by atoms with Crippen LogP contribution >= 0.6 is 11.6 Å². The Labute approximate surface area is 140 Å². The standard InChI is InChI=1S/C17H20ClFN2O2/c1-11-4-8-21(9-5-11)16(23)17(6-7-17)15(22)20-12-2-3-14(19)13(18)10-12/h2-3,10-11H,4-9H2,1H3,(H,20,22). The van der Waals surface area contributed by atoms with Crippen molar-refractivity contribution in [3.8, 4) is 0 Å². The Morgan fingerprint density at radius 2 is 1.96 bits per heavy atom. The fourth-order valence-corrected chi connectivity index (χ4v) is 3.18. The molecule has 0 radical (unpaired) electrons. The molecular weight excluding hydrogens is 319 g/mol. The van der Waals surface area contributed by atoms with Crippen LogP contribution in [0.3, 0.4) is 0 Å². The summed E-state index contributed by atoms with van der Waals surface area (Å²) >= 11 is 5.72. The molecule has 1 heterocycles. The van der Waals surface area contributed by atoms with Crippen molar-refractivity contribution in [2.24, 2.45) is 11.3 Å². The van der Waals surface area contributed by atoms with Crippen molar-refractivity contribution in [1.82, 2.24) is 4.90 Å². The second-order valence-electron chi connectivity index (χ2n) is 6.64. The lowest BCUT2D eigenvalue weighted by atomic mass is 9.96. The predicted octanol–water partition coefficient (Wildman–Crippen LogP) is 3.46. The van der Waals surface area contributed by atoms with Crippen molar-refractivity contribution >= 4 is 29.1 Å². The Balaban J connectivity index is 1.68. The molecule has 0 atom stereocenters. The van der Waals surface area contributed by atoms with E-state index in [1.807, 2.05) is 4.90 Å². The summed E-state index contributed by atoms with van der Waals surface area (Å²) in [5, 5.41) is 2.65. The molecule has 0 bridgehead atoms. The molecule has 1 saturated heterocycles. The van der Waals surface area contributed by atoms with Crippen LogP contribution in [0.1, 0.15) is 32.6 Å². The highest BCUT2D eigenvalue weighted by molar-refractivity contribution is 6.31. The number of rotatable bonds is 3. The molecule has 0 unspecified atom stereocenters. The topological polar surface area (TPSA) is 49.4 Å². The van der Waals surface area contributed by atoms with Gasteiger partial charge in [-0.05, 0) is 49.8 Å². The van der Waals surface area contributed by atoms with E-state index in [-0.39, 0.29) is 16.8 Å². The molecule has 1 N–H and O–H groups in total. The van der Waals surface area contributed by atoms with Gasteiger partial charge in [0.25, 0.3) is 0 Å². The molecule has 124 valence electrons. The number of carbonyl (C=O) groups excluding carboxylic acids is 2. The van der Waals surface area contributed by atoms with Crippen LogP contribution in [0.15, 0.2) is 18.2 Å². The first-order chi connectivity index (χ1) is 10.9. The van der Waals surface area contributed by atoms with Gasteiger partial charge in [-0.3, -0.25) is 9.59 Å². The summed E-state index contributed by atoms with van der Waals surface area (Å²) in [7, 11) is 0. The molecule has 2 amide bonds. The van der Waals surface area contributed by atoms with Crippen LogP contribution in [-0.4, -0.2) is 29.8 Å². The largest absolute Gasteiger partial charge is 0.342 e. The van der Waals surface area contributed by atoms with E-state index in [1.54, 1.807) is 0 Å². The lowest BCUT2D eigenvalue weighted by Gasteiger charge is -2.32. The van der Waals surface area contributed by atoms with Crippen LogP contribution in [0.2, 0.25) is 5.02 Å². The maximum atomic E-state index is 13.2. The molecule has 1 aromatic rings. The van der Waals surface area contributed by atoms with Gasteiger partial charge < -0.3 is 10.2 Å². The van der Waals surface area contributed by atoms with Gasteiger partial charge in [0, 0.05) is 18.8 Å². The van der Waals surface area contributed by atoms with Gasteiger partial charge in [0.15, 0.2) is 0 Å². The van der Waals surface area contributed by atoms with Gasteiger partial charge >= 0.3 is 0 Å². The molecule has 23 heavy (non-hydrogen) atoms. The average Bonchev–Trinajstić information content (AvgIpc) is 3.33. The molecule has 6 heteroatoms. The number of halogens is 2. The maximum absolute atomic E-state index is 13.2. The van der Waals surface area contributed by atoms with E-state index in [4.69, 9.17) is 11.6 Å². The van der Waals surface area contributed by atoms with E-state index in [1.165, 1.54) is 18.2 Å². The molecular formula is C17H20ClFN2O2. The monoisotopic (exact) mass is 338 g/mol. The fraction of sp³-hybridized carbons (Fsp3) is 0.529. The molecule has 1 aliphatic heterocycles. The third-order valence-electron chi connectivity index (χ3n) is 4.84. The third-order valence-corrected chi connectivity index (χ3v) is 5.13. The first-order valence-corrected chi connectivity index (χ1v) is 8.36. The van der Waals surface area contributed by atoms with Crippen molar-refractivity contribution in [3.63, 3.8) is 0 Å². The Hall–Kier alpha value is -1.62. The SMILES string of the molecule is CC1CCN(C(=O)C2(C(=O)Nc3ccc(F)c(Cl)c3)CC2)CC1. The molecule has 1 aromatic carbocycles. The number of amides is 2. The van der Waals surface area contributed by atoms with Gasteiger partial charge in [-0.15, -0.1) is 0 Å². The first-order valence-electron chi connectivity index (χ1n) is 7.98. The minimum atomic E-state index is -0.943. The number of carbonyl (C=O) groups is 2. The lowest BCUT2D eigenvalue weighted by molar-refractivity contribution is -0.143. The van der Waals surface area contributed by atoms with Crippen molar-refractivity contribution in [2.75, 3.05) is 18.4 Å². The Kier molecular flexibility index (Phi) is 4.32. The second-order valence-corrected chi connectivity index (χ2v) is 7.05. The summed E-state index contributed by atoms with van der Waals surface area (Å²) in [4.78, 5) is 27.1. The minimum absolute atomic E-state index is 0.0519. The first kappa shape index (κ1) is 16.2. The van der Waals surface area contributed by atoms with Crippen molar-refractivity contribution in [1.29, 1.82) is 0 Å². The number of nitrogens with one attached hydrogen (secondary N) is 1. The molecule has 3 rings (SSSR count). The zero-order valence-electron chi connectivity index (χ0n) is 13.1. The number of hydrogen-bond acceptors (Lipinski definition) is 2. The predicted molar refractivity (Wildman–Crippen MR) is 86.7 cm³/mol. The molecule has 1 saturated carbocycles. The summed E-state index contributed by atoms with van der Waals surface area (Å²) in [5.74, 6) is -0.299. The summed E-state index contributed by atoms with van der Waals surface area (Å²) in [6.45, 7) is 3.62. The van der Waals surface area contributed by atoms with Crippen LogP contribution in [0, 0.1) is 17.2 Å². The van der Waals surface area contributed by atoms with Gasteiger partial charge in [-0.1, -0.05) is 18.5 Å². The van der Waals surface area contributed by atoms with Crippen LogP contribution < -0.4 is 5.32 Å². The van der Waals surface area contributed by atoms with Crippen LogP contribution in [-0.2, 0) is 9.59 Å². The Bertz CT molecular complexity index is 637. The van der Waals surface area contributed by atoms with Crippen molar-refractivity contribution in [3.05, 3.63) is 29.0 Å². The maximum Gasteiger partial charge on any atom is 0.240 e. The van der Waals surface area contributed by atoms with E-state index >= 15 is 0 Å². The zero-order chi connectivity index (χ0) is 16.6. The molecule has 0 spiro atoms. The van der Waals surface area contributed by atoms with E-state index < -0.39 is 11.2 Å². The van der Waals surface area contributed by atoms with Crippen molar-refractivity contribution < 1.29 is 14.0 Å². The fourth-order valence-electron chi connectivity index (χ4n) is 3.00. The van der Waals surface area contributed by atoms with Crippen LogP contribution in [0.4, 0.5) is 10.1 Å². The normalized spacial score (nSPS) is 20.2. The van der Waals surface area contributed by atoms with E-state index in [2.05, 4.69) is 12.2 Å².